The maximum absolute atomic E-state index is 5.22. The zero-order valence-corrected chi connectivity index (χ0v) is 13.9. The highest BCUT2D eigenvalue weighted by Gasteiger charge is 2.15. The van der Waals surface area contributed by atoms with Crippen LogP contribution in [0.15, 0.2) is 42.1 Å². The van der Waals surface area contributed by atoms with Gasteiger partial charge in [-0.25, -0.2) is 4.98 Å². The number of hydrogen-bond acceptors (Lipinski definition) is 6. The Morgan fingerprint density at radius 3 is 2.70 bits per heavy atom. The highest BCUT2D eigenvalue weighted by Crippen LogP contribution is 2.25. The Hall–Kier alpha value is -2.19. The first-order valence-corrected chi connectivity index (χ1v) is 8.19. The van der Waals surface area contributed by atoms with E-state index in [0.29, 0.717) is 13.2 Å². The van der Waals surface area contributed by atoms with Gasteiger partial charge in [-0.15, -0.1) is 10.2 Å². The Balaban J connectivity index is 1.84. The largest absolute Gasteiger partial charge is 0.383 e. The first kappa shape index (κ1) is 15.7. The van der Waals surface area contributed by atoms with Crippen LogP contribution in [0.4, 0.5) is 0 Å². The van der Waals surface area contributed by atoms with E-state index in [0.717, 1.165) is 28.1 Å². The van der Waals surface area contributed by atoms with Crippen molar-refractivity contribution < 1.29 is 4.74 Å². The molecule has 3 rings (SSSR count). The summed E-state index contributed by atoms with van der Waals surface area (Å²) in [7, 11) is 3.68. The third kappa shape index (κ3) is 3.59. The van der Waals surface area contributed by atoms with Crippen LogP contribution < -0.4 is 0 Å². The topological polar surface area (TPSA) is 70.7 Å². The van der Waals surface area contributed by atoms with Crippen molar-refractivity contribution in [3.63, 3.8) is 0 Å². The van der Waals surface area contributed by atoms with Gasteiger partial charge in [0.15, 0.2) is 11.0 Å². The van der Waals surface area contributed by atoms with E-state index in [2.05, 4.69) is 24.7 Å². The minimum absolute atomic E-state index is 0.603. The summed E-state index contributed by atoms with van der Waals surface area (Å²) in [5.74, 6) is 2.57. The quantitative estimate of drug-likeness (QED) is 0.617. The SMILES string of the molecule is COCCn1c(SCc2nccn2C)nnc1-c1ccncc1. The van der Waals surface area contributed by atoms with Crippen molar-refractivity contribution in [2.24, 2.45) is 7.05 Å². The lowest BCUT2D eigenvalue weighted by Gasteiger charge is -2.09. The van der Waals surface area contributed by atoms with Crippen molar-refractivity contribution in [1.29, 1.82) is 0 Å². The van der Waals surface area contributed by atoms with E-state index in [-0.39, 0.29) is 0 Å². The highest BCUT2D eigenvalue weighted by molar-refractivity contribution is 7.98. The number of hydrogen-bond donors (Lipinski definition) is 0. The number of nitrogens with zero attached hydrogens (tertiary/aromatic N) is 6. The molecule has 0 amide bonds. The van der Waals surface area contributed by atoms with Crippen LogP contribution in [0.3, 0.4) is 0 Å². The van der Waals surface area contributed by atoms with Crippen LogP contribution in [0.5, 0.6) is 0 Å². The fraction of sp³-hybridized carbons (Fsp3) is 0.333. The summed E-state index contributed by atoms with van der Waals surface area (Å²) in [6.45, 7) is 1.30. The van der Waals surface area contributed by atoms with Crippen molar-refractivity contribution in [3.8, 4) is 11.4 Å². The number of aryl methyl sites for hydroxylation is 1. The van der Waals surface area contributed by atoms with Crippen LogP contribution >= 0.6 is 11.8 Å². The van der Waals surface area contributed by atoms with Crippen molar-refractivity contribution in [2.45, 2.75) is 17.5 Å². The average Bonchev–Trinajstić information content (AvgIpc) is 3.17. The number of imidazole rings is 1. The monoisotopic (exact) mass is 330 g/mol. The van der Waals surface area contributed by atoms with Gasteiger partial charge in [0, 0.05) is 44.5 Å². The van der Waals surface area contributed by atoms with Crippen LogP contribution in [-0.4, -0.2) is 43.0 Å². The summed E-state index contributed by atoms with van der Waals surface area (Å²) in [6, 6.07) is 3.86. The summed E-state index contributed by atoms with van der Waals surface area (Å²) in [4.78, 5) is 8.39. The second kappa shape index (κ2) is 7.38. The summed E-state index contributed by atoms with van der Waals surface area (Å²) in [5, 5.41) is 9.54. The molecule has 0 spiro atoms. The fourth-order valence-corrected chi connectivity index (χ4v) is 3.13. The molecule has 23 heavy (non-hydrogen) atoms. The number of aromatic nitrogens is 6. The Morgan fingerprint density at radius 1 is 1.17 bits per heavy atom. The molecule has 0 aliphatic heterocycles. The molecule has 0 bridgehead atoms. The van der Waals surface area contributed by atoms with E-state index < -0.39 is 0 Å². The lowest BCUT2D eigenvalue weighted by Crippen LogP contribution is -2.08. The van der Waals surface area contributed by atoms with Gasteiger partial charge in [-0.2, -0.15) is 0 Å². The van der Waals surface area contributed by atoms with Crippen molar-refractivity contribution in [1.82, 2.24) is 29.3 Å². The Morgan fingerprint density at radius 2 is 2.00 bits per heavy atom. The molecule has 0 N–H and O–H groups in total. The second-order valence-corrected chi connectivity index (χ2v) is 5.87. The van der Waals surface area contributed by atoms with Crippen LogP contribution in [0.2, 0.25) is 0 Å². The molecule has 0 saturated carbocycles. The molecule has 3 aromatic rings. The van der Waals surface area contributed by atoms with Gasteiger partial charge in [-0.1, -0.05) is 11.8 Å². The predicted octanol–water partition coefficient (Wildman–Crippen LogP) is 2.01. The molecule has 0 aromatic carbocycles. The fourth-order valence-electron chi connectivity index (χ4n) is 2.16. The van der Waals surface area contributed by atoms with Gasteiger partial charge in [-0.05, 0) is 12.1 Å². The van der Waals surface area contributed by atoms with Crippen molar-refractivity contribution >= 4 is 11.8 Å². The maximum atomic E-state index is 5.22. The molecule has 0 radical (unpaired) electrons. The van der Waals surface area contributed by atoms with Crippen LogP contribution in [-0.2, 0) is 24.1 Å². The van der Waals surface area contributed by atoms with Gasteiger partial charge in [0.1, 0.15) is 5.82 Å². The zero-order valence-electron chi connectivity index (χ0n) is 13.1. The summed E-state index contributed by atoms with van der Waals surface area (Å²) < 4.78 is 9.30. The average molecular weight is 330 g/mol. The number of rotatable bonds is 7. The molecule has 0 atom stereocenters. The van der Waals surface area contributed by atoms with Crippen molar-refractivity contribution in [3.05, 3.63) is 42.7 Å². The van der Waals surface area contributed by atoms with Crippen LogP contribution in [0.25, 0.3) is 11.4 Å². The van der Waals surface area contributed by atoms with Gasteiger partial charge in [-0.3, -0.25) is 9.55 Å². The molecule has 3 aromatic heterocycles. The maximum Gasteiger partial charge on any atom is 0.192 e. The van der Waals surface area contributed by atoms with Gasteiger partial charge in [0.25, 0.3) is 0 Å². The molecule has 3 heterocycles. The van der Waals surface area contributed by atoms with Crippen molar-refractivity contribution in [2.75, 3.05) is 13.7 Å². The van der Waals surface area contributed by atoms with E-state index in [4.69, 9.17) is 4.74 Å². The summed E-state index contributed by atoms with van der Waals surface area (Å²) in [5.41, 5.74) is 0.993. The molecular formula is C15H18N6OS. The van der Waals surface area contributed by atoms with E-state index in [1.807, 2.05) is 29.9 Å². The van der Waals surface area contributed by atoms with E-state index in [1.165, 1.54) is 0 Å². The molecule has 0 unspecified atom stereocenters. The van der Waals surface area contributed by atoms with Gasteiger partial charge < -0.3 is 9.30 Å². The number of pyridine rings is 1. The lowest BCUT2D eigenvalue weighted by molar-refractivity contribution is 0.185. The molecule has 0 aliphatic rings. The normalized spacial score (nSPS) is 11.0. The van der Waals surface area contributed by atoms with E-state index >= 15 is 0 Å². The highest BCUT2D eigenvalue weighted by atomic mass is 32.2. The molecule has 0 aliphatic carbocycles. The third-order valence-corrected chi connectivity index (χ3v) is 4.39. The Kier molecular flexibility index (Phi) is 5.04. The molecule has 120 valence electrons. The third-order valence-electron chi connectivity index (χ3n) is 3.43. The first-order valence-electron chi connectivity index (χ1n) is 7.21. The Bertz CT molecular complexity index is 754. The van der Waals surface area contributed by atoms with E-state index in [1.54, 1.807) is 37.5 Å². The minimum atomic E-state index is 0.603. The molecule has 0 saturated heterocycles. The number of methoxy groups -OCH3 is 1. The molecular weight excluding hydrogens is 312 g/mol. The number of thioether (sulfide) groups is 1. The summed E-state index contributed by atoms with van der Waals surface area (Å²) >= 11 is 1.62. The Labute approximate surface area is 138 Å². The smallest absolute Gasteiger partial charge is 0.192 e. The van der Waals surface area contributed by atoms with E-state index in [9.17, 15) is 0 Å². The molecule has 8 heteroatoms. The predicted molar refractivity (Wildman–Crippen MR) is 87.9 cm³/mol. The van der Waals surface area contributed by atoms with Gasteiger partial charge in [0.05, 0.1) is 18.9 Å². The minimum Gasteiger partial charge on any atom is -0.383 e. The van der Waals surface area contributed by atoms with Gasteiger partial charge >= 0.3 is 0 Å². The zero-order chi connectivity index (χ0) is 16.1. The van der Waals surface area contributed by atoms with Gasteiger partial charge in [0.2, 0.25) is 0 Å². The second-order valence-electron chi connectivity index (χ2n) is 4.93. The number of ether oxygens (including phenoxy) is 1. The molecule has 7 nitrogen and oxygen atoms in total. The first-order chi connectivity index (χ1) is 11.3. The summed E-state index contributed by atoms with van der Waals surface area (Å²) in [6.07, 6.45) is 7.25. The van der Waals surface area contributed by atoms with Crippen LogP contribution in [0, 0.1) is 0 Å². The standard InChI is InChI=1S/C15H18N6OS/c1-20-8-7-17-13(20)11-23-15-19-18-14(21(15)9-10-22-2)12-3-5-16-6-4-12/h3-8H,9-11H2,1-2H3. The van der Waals surface area contributed by atoms with Crippen LogP contribution in [0.1, 0.15) is 5.82 Å². The molecule has 0 fully saturated rings. The lowest BCUT2D eigenvalue weighted by atomic mass is 10.2.